The van der Waals surface area contributed by atoms with Crippen LogP contribution in [0.3, 0.4) is 0 Å². The Morgan fingerprint density at radius 1 is 0.576 bits per heavy atom. The van der Waals surface area contributed by atoms with Gasteiger partial charge in [0.2, 0.25) is 0 Å². The number of benzene rings is 4. The number of hydrogen-bond donors (Lipinski definition) is 0. The zero-order chi connectivity index (χ0) is 23.2. The second kappa shape index (κ2) is 11.1. The van der Waals surface area contributed by atoms with E-state index in [9.17, 15) is 0 Å². The van der Waals surface area contributed by atoms with Crippen LogP contribution in [-0.2, 0) is 23.3 Å². The Kier molecular flexibility index (Phi) is 7.91. The molecule has 0 radical (unpaired) electrons. The third-order valence-corrected chi connectivity index (χ3v) is 5.50. The van der Waals surface area contributed by atoms with Gasteiger partial charge in [-0.25, -0.2) is 0 Å². The van der Waals surface area contributed by atoms with Crippen LogP contribution in [-0.4, -0.2) is 5.43 Å². The van der Waals surface area contributed by atoms with Crippen molar-refractivity contribution in [2.45, 2.75) is 20.0 Å². The fourth-order valence-corrected chi connectivity index (χ4v) is 4.16. The smallest absolute Gasteiger partial charge is 0.0279 e. The predicted molar refractivity (Wildman–Crippen MR) is 144 cm³/mol. The van der Waals surface area contributed by atoms with Crippen LogP contribution in [0.2, 0.25) is 13.1 Å². The molecule has 0 saturated heterocycles. The van der Waals surface area contributed by atoms with Crippen LogP contribution in [0, 0.1) is 6.92 Å². The average molecular weight is 520 g/mol. The Hall–Kier alpha value is -2.54. The summed E-state index contributed by atoms with van der Waals surface area (Å²) in [5.41, 5.74) is 4.16. The van der Waals surface area contributed by atoms with E-state index in [0.29, 0.717) is 0 Å². The van der Waals surface area contributed by atoms with Crippen LogP contribution in [0.15, 0.2) is 115 Å². The molecule has 2 heteroatoms. The van der Waals surface area contributed by atoms with E-state index in [4.69, 9.17) is 0 Å². The largest absolute Gasteiger partial charge is 0.165 e. The van der Waals surface area contributed by atoms with Gasteiger partial charge in [0, 0.05) is 0 Å². The van der Waals surface area contributed by atoms with Crippen molar-refractivity contribution in [3.05, 3.63) is 121 Å². The van der Waals surface area contributed by atoms with E-state index in [1.807, 2.05) is 0 Å². The van der Waals surface area contributed by atoms with Gasteiger partial charge in [0.25, 0.3) is 0 Å². The van der Waals surface area contributed by atoms with Crippen LogP contribution < -0.4 is 0 Å². The van der Waals surface area contributed by atoms with E-state index in [2.05, 4.69) is 135 Å². The minimum Gasteiger partial charge on any atom is -0.165 e. The average Bonchev–Trinajstić information content (AvgIpc) is 3.39. The quantitative estimate of drug-likeness (QED) is 0.150. The van der Waals surface area contributed by atoms with Crippen LogP contribution in [0.25, 0.3) is 43.4 Å². The Morgan fingerprint density at radius 3 is 1.67 bits per heavy atom. The van der Waals surface area contributed by atoms with Crippen molar-refractivity contribution in [1.82, 2.24) is 0 Å². The summed E-state index contributed by atoms with van der Waals surface area (Å²) in [6.45, 7) is 6.76. The Morgan fingerprint density at radius 2 is 1.06 bits per heavy atom. The summed E-state index contributed by atoms with van der Waals surface area (Å²) in [6.07, 6.45) is 0. The molecule has 33 heavy (non-hydrogen) atoms. The molecule has 0 aliphatic heterocycles. The normalized spacial score (nSPS) is 10.5. The molecule has 0 amide bonds. The summed E-state index contributed by atoms with van der Waals surface area (Å²) in [5.74, 6) is 0. The third-order valence-electron chi connectivity index (χ3n) is 5.50. The third kappa shape index (κ3) is 5.88. The monoisotopic (exact) mass is 518 g/mol. The topological polar surface area (TPSA) is 0 Å². The van der Waals surface area contributed by atoms with Crippen LogP contribution in [0.4, 0.5) is 0 Å². The van der Waals surface area contributed by atoms with Gasteiger partial charge in [-0.1, -0.05) is 85.3 Å². The molecule has 0 unspecified atom stereocenters. The minimum atomic E-state index is 0.210. The second-order valence-electron chi connectivity index (χ2n) is 8.53. The zero-order valence-corrected chi connectivity index (χ0v) is 22.9. The molecule has 0 heterocycles. The van der Waals surface area contributed by atoms with Crippen molar-refractivity contribution < 1.29 is 23.3 Å². The molecular formula is C31H28SiZr. The van der Waals surface area contributed by atoms with E-state index in [0.717, 1.165) is 0 Å². The van der Waals surface area contributed by atoms with Gasteiger partial charge >= 0.3 is 41.9 Å². The standard InChI is InChI=1S/C16H13.C13H9.C2H6Si.Zr/c1-12-10-14-8-5-9-15(16(14)11-12)13-6-3-2-4-7-13;1-3-7-12-10(5-1)9-11-6-2-4-8-13(11)12;1-3-2;/h2-11H,1H3;1-9H;1-2H3;/q2*-1;;+2. The number of rotatable bonds is 1. The second-order valence-corrected chi connectivity index (χ2v) is 17.9. The summed E-state index contributed by atoms with van der Waals surface area (Å²) < 4.78 is 0. The van der Waals surface area contributed by atoms with E-state index in [-0.39, 0.29) is 5.43 Å². The molecule has 0 aromatic heterocycles. The van der Waals surface area contributed by atoms with Gasteiger partial charge in [0.05, 0.1) is 0 Å². The van der Waals surface area contributed by atoms with Gasteiger partial charge in [-0.2, -0.15) is 6.07 Å². The maximum Gasteiger partial charge on any atom is -0.0279 e. The Bertz CT molecular complexity index is 1450. The first-order valence-electron chi connectivity index (χ1n) is 11.3. The molecule has 6 aromatic rings. The van der Waals surface area contributed by atoms with Crippen molar-refractivity contribution in [3.8, 4) is 11.1 Å². The van der Waals surface area contributed by atoms with Crippen molar-refractivity contribution in [2.75, 3.05) is 0 Å². The molecule has 0 nitrogen and oxygen atoms in total. The summed E-state index contributed by atoms with van der Waals surface area (Å²) >= 11 is 1.74. The molecule has 0 N–H and O–H groups in total. The summed E-state index contributed by atoms with van der Waals surface area (Å²) in [7, 11) is 0. The summed E-state index contributed by atoms with van der Waals surface area (Å²) in [6, 6.07) is 40.8. The maximum absolute atomic E-state index is 2.31. The van der Waals surface area contributed by atoms with Gasteiger partial charge in [0.1, 0.15) is 0 Å². The molecule has 0 saturated carbocycles. The minimum absolute atomic E-state index is 0.210. The van der Waals surface area contributed by atoms with Crippen molar-refractivity contribution >= 4 is 37.8 Å². The van der Waals surface area contributed by atoms with Crippen LogP contribution >= 0.6 is 0 Å². The molecule has 6 rings (SSSR count). The number of aryl methyl sites for hydroxylation is 1. The van der Waals surface area contributed by atoms with Gasteiger partial charge < -0.3 is 0 Å². The molecule has 0 bridgehead atoms. The first-order valence-corrected chi connectivity index (χ1v) is 17.5. The van der Waals surface area contributed by atoms with Crippen molar-refractivity contribution in [3.63, 3.8) is 0 Å². The SMILES string of the molecule is C[Si](C)=[Zr+2].Cc1cc2c(-c3ccccc3)cccc2[cH-]1.c1ccc2c(c1)[cH-]c1ccccc12. The molecule has 6 aromatic carbocycles. The predicted octanol–water partition coefficient (Wildman–Crippen LogP) is 9.03. The molecule has 0 spiro atoms. The maximum atomic E-state index is 2.31. The van der Waals surface area contributed by atoms with Crippen LogP contribution in [0.1, 0.15) is 5.56 Å². The number of hydrogen-bond acceptors (Lipinski definition) is 0. The first kappa shape index (κ1) is 23.6. The fraction of sp³-hybridized carbons (Fsp3) is 0.0968. The van der Waals surface area contributed by atoms with E-state index in [1.165, 1.54) is 49.0 Å². The summed E-state index contributed by atoms with van der Waals surface area (Å²) in [4.78, 5) is 0. The molecule has 0 fully saturated rings. The fourth-order valence-electron chi connectivity index (χ4n) is 4.16. The van der Waals surface area contributed by atoms with Gasteiger partial charge in [-0.05, 0) is 5.56 Å². The molecule has 0 atom stereocenters. The summed E-state index contributed by atoms with van der Waals surface area (Å²) in [5, 5.41) is 8.08. The molecule has 160 valence electrons. The van der Waals surface area contributed by atoms with Gasteiger partial charge in [0.15, 0.2) is 0 Å². The Labute approximate surface area is 212 Å². The Balaban J connectivity index is 0.000000138. The molecule has 0 aliphatic rings. The zero-order valence-electron chi connectivity index (χ0n) is 19.5. The van der Waals surface area contributed by atoms with E-state index >= 15 is 0 Å². The first-order chi connectivity index (χ1) is 16.0. The molecule has 0 aliphatic carbocycles. The van der Waals surface area contributed by atoms with Crippen molar-refractivity contribution in [2.24, 2.45) is 0 Å². The van der Waals surface area contributed by atoms with Gasteiger partial charge in [-0.15, -0.1) is 74.3 Å². The van der Waals surface area contributed by atoms with E-state index in [1.54, 1.807) is 23.3 Å². The number of fused-ring (bicyclic) bond motifs is 4. The van der Waals surface area contributed by atoms with E-state index < -0.39 is 0 Å². The van der Waals surface area contributed by atoms with Crippen molar-refractivity contribution in [1.29, 1.82) is 0 Å². The van der Waals surface area contributed by atoms with Gasteiger partial charge in [-0.3, -0.25) is 0 Å². The molecular weight excluding hydrogens is 492 g/mol. The van der Waals surface area contributed by atoms with Crippen LogP contribution in [0.5, 0.6) is 0 Å².